The van der Waals surface area contributed by atoms with Crippen molar-refractivity contribution in [3.8, 4) is 0 Å². The number of aromatic nitrogens is 3. The van der Waals surface area contributed by atoms with E-state index in [4.69, 9.17) is 22.1 Å². The van der Waals surface area contributed by atoms with Crippen LogP contribution in [0.15, 0.2) is 54.6 Å². The topological polar surface area (TPSA) is 52.3 Å². The number of hydrogen-bond acceptors (Lipinski definition) is 5. The third-order valence-corrected chi connectivity index (χ3v) is 7.35. The Morgan fingerprint density at radius 2 is 1.83 bits per heavy atom. The molecule has 6 nitrogen and oxygen atoms in total. The van der Waals surface area contributed by atoms with E-state index in [-0.39, 0.29) is 17.7 Å². The van der Waals surface area contributed by atoms with Gasteiger partial charge in [-0.2, -0.15) is 5.10 Å². The van der Waals surface area contributed by atoms with E-state index in [1.54, 1.807) is 12.1 Å². The summed E-state index contributed by atoms with van der Waals surface area (Å²) < 4.78 is 23.3. The number of likely N-dealkylation sites (tertiary alicyclic amines) is 1. The lowest BCUT2D eigenvalue weighted by Crippen LogP contribution is -2.37. The Labute approximate surface area is 211 Å². The molecule has 35 heavy (non-hydrogen) atoms. The summed E-state index contributed by atoms with van der Waals surface area (Å²) in [6.07, 6.45) is 2.94. The van der Waals surface area contributed by atoms with Crippen LogP contribution in [0.1, 0.15) is 49.1 Å². The second-order valence-electron chi connectivity index (χ2n) is 9.18. The van der Waals surface area contributed by atoms with Gasteiger partial charge >= 0.3 is 5.97 Å². The second kappa shape index (κ2) is 11.7. The minimum atomic E-state index is -0.266. The maximum atomic E-state index is 13.5. The summed E-state index contributed by atoms with van der Waals surface area (Å²) in [5.41, 5.74) is 2.20. The standard InChI is InChI=1S/C27H33FN4O2S/c1-3-34-26(33)18-24(21-9-11-23(28)12-10-21)22-13-15-31(16-14-22)19-32-27(35)30(2)25(29-32)17-20-7-5-4-6-8-20/h4-12,22,24H,3,13-19H2,1-2H3. The molecule has 1 aliphatic heterocycles. The van der Waals surface area contributed by atoms with Crippen LogP contribution in [0.5, 0.6) is 0 Å². The van der Waals surface area contributed by atoms with E-state index < -0.39 is 0 Å². The fourth-order valence-electron chi connectivity index (χ4n) is 4.91. The van der Waals surface area contributed by atoms with Gasteiger partial charge in [0.05, 0.1) is 19.7 Å². The number of piperidine rings is 1. The molecular weight excluding hydrogens is 463 g/mol. The first-order valence-corrected chi connectivity index (χ1v) is 12.7. The Hall–Kier alpha value is -2.84. The van der Waals surface area contributed by atoms with Crippen molar-refractivity contribution < 1.29 is 13.9 Å². The summed E-state index contributed by atoms with van der Waals surface area (Å²) in [4.78, 5) is 14.7. The van der Waals surface area contributed by atoms with Crippen LogP contribution < -0.4 is 0 Å². The van der Waals surface area contributed by atoms with E-state index in [1.807, 2.05) is 41.4 Å². The summed E-state index contributed by atoms with van der Waals surface area (Å²) in [5, 5.41) is 4.81. The van der Waals surface area contributed by atoms with E-state index >= 15 is 0 Å². The van der Waals surface area contributed by atoms with Crippen LogP contribution in [0.4, 0.5) is 4.39 Å². The van der Waals surface area contributed by atoms with Crippen molar-refractivity contribution in [3.05, 3.63) is 82.1 Å². The molecule has 1 aromatic heterocycles. The number of hydrogen-bond donors (Lipinski definition) is 0. The Balaban J connectivity index is 1.41. The molecule has 3 aromatic rings. The average molecular weight is 497 g/mol. The highest BCUT2D eigenvalue weighted by atomic mass is 32.1. The van der Waals surface area contributed by atoms with Crippen molar-refractivity contribution in [1.29, 1.82) is 0 Å². The first-order valence-electron chi connectivity index (χ1n) is 12.2. The van der Waals surface area contributed by atoms with Crippen LogP contribution >= 0.6 is 12.2 Å². The molecular formula is C27H33FN4O2S. The number of benzene rings is 2. The summed E-state index contributed by atoms with van der Waals surface area (Å²) in [6, 6.07) is 16.8. The molecule has 0 radical (unpaired) electrons. The molecule has 1 fully saturated rings. The van der Waals surface area contributed by atoms with Gasteiger partial charge in [-0.3, -0.25) is 9.69 Å². The molecule has 2 heterocycles. The Kier molecular flexibility index (Phi) is 8.46. The van der Waals surface area contributed by atoms with Crippen molar-refractivity contribution in [3.63, 3.8) is 0 Å². The Morgan fingerprint density at radius 3 is 2.49 bits per heavy atom. The van der Waals surface area contributed by atoms with Crippen LogP contribution in [-0.4, -0.2) is 44.9 Å². The predicted molar refractivity (Wildman–Crippen MR) is 136 cm³/mol. The molecule has 4 rings (SSSR count). The van der Waals surface area contributed by atoms with Crippen LogP contribution in [0.2, 0.25) is 0 Å². The van der Waals surface area contributed by atoms with E-state index in [0.29, 0.717) is 30.4 Å². The third kappa shape index (κ3) is 6.44. The lowest BCUT2D eigenvalue weighted by Gasteiger charge is -2.36. The lowest BCUT2D eigenvalue weighted by atomic mass is 9.78. The number of esters is 1. The quantitative estimate of drug-likeness (QED) is 0.305. The summed E-state index contributed by atoms with van der Waals surface area (Å²) in [6.45, 7) is 4.60. The Bertz CT molecular complexity index is 1170. The number of halogens is 1. The Morgan fingerprint density at radius 1 is 1.14 bits per heavy atom. The summed E-state index contributed by atoms with van der Waals surface area (Å²) in [5.74, 6) is 0.826. The van der Waals surface area contributed by atoms with Gasteiger partial charge in [0.25, 0.3) is 0 Å². The molecule has 0 N–H and O–H groups in total. The maximum Gasteiger partial charge on any atom is 0.306 e. The molecule has 1 atom stereocenters. The maximum absolute atomic E-state index is 13.5. The van der Waals surface area contributed by atoms with Crippen LogP contribution in [0, 0.1) is 16.5 Å². The zero-order chi connectivity index (χ0) is 24.8. The minimum Gasteiger partial charge on any atom is -0.466 e. The molecule has 2 aromatic carbocycles. The first-order chi connectivity index (χ1) is 16.9. The zero-order valence-corrected chi connectivity index (χ0v) is 21.2. The van der Waals surface area contributed by atoms with Gasteiger partial charge in [-0.05, 0) is 67.1 Å². The van der Waals surface area contributed by atoms with Crippen molar-refractivity contribution >= 4 is 18.2 Å². The molecule has 1 aliphatic rings. The molecule has 1 saturated heterocycles. The zero-order valence-electron chi connectivity index (χ0n) is 20.4. The fraction of sp³-hybridized carbons (Fsp3) is 0.444. The molecule has 0 saturated carbocycles. The molecule has 0 bridgehead atoms. The molecule has 8 heteroatoms. The number of carbonyl (C=O) groups is 1. The normalized spacial score (nSPS) is 15.7. The van der Waals surface area contributed by atoms with E-state index in [0.717, 1.165) is 43.7 Å². The minimum absolute atomic E-state index is 0.0197. The van der Waals surface area contributed by atoms with Crippen LogP contribution in [0.3, 0.4) is 0 Å². The molecule has 0 aliphatic carbocycles. The molecule has 0 amide bonds. The van der Waals surface area contributed by atoms with E-state index in [1.165, 1.54) is 17.7 Å². The van der Waals surface area contributed by atoms with E-state index in [2.05, 4.69) is 17.0 Å². The fourth-order valence-corrected chi connectivity index (χ4v) is 5.11. The van der Waals surface area contributed by atoms with Gasteiger partial charge in [-0.15, -0.1) is 0 Å². The van der Waals surface area contributed by atoms with Gasteiger partial charge in [0.1, 0.15) is 11.6 Å². The SMILES string of the molecule is CCOC(=O)CC(c1ccc(F)cc1)C1CCN(Cn2nc(Cc3ccccc3)n(C)c2=S)CC1. The van der Waals surface area contributed by atoms with Gasteiger partial charge < -0.3 is 9.30 Å². The summed E-state index contributed by atoms with van der Waals surface area (Å²) in [7, 11) is 1.97. The van der Waals surface area contributed by atoms with Crippen LogP contribution in [-0.2, 0) is 29.7 Å². The smallest absolute Gasteiger partial charge is 0.306 e. The number of ether oxygens (including phenoxy) is 1. The van der Waals surface area contributed by atoms with Crippen molar-refractivity contribution in [1.82, 2.24) is 19.2 Å². The number of rotatable bonds is 9. The average Bonchev–Trinajstić information content (AvgIpc) is 3.12. The van der Waals surface area contributed by atoms with Crippen molar-refractivity contribution in [2.45, 2.75) is 45.2 Å². The van der Waals surface area contributed by atoms with Gasteiger partial charge in [-0.25, -0.2) is 9.07 Å². The first kappa shape index (κ1) is 25.3. The van der Waals surface area contributed by atoms with Gasteiger partial charge in [0.2, 0.25) is 0 Å². The van der Waals surface area contributed by atoms with Gasteiger partial charge in [0.15, 0.2) is 4.77 Å². The molecule has 186 valence electrons. The van der Waals surface area contributed by atoms with Crippen molar-refractivity contribution in [2.75, 3.05) is 19.7 Å². The van der Waals surface area contributed by atoms with Crippen LogP contribution in [0.25, 0.3) is 0 Å². The van der Waals surface area contributed by atoms with Gasteiger partial charge in [-0.1, -0.05) is 42.5 Å². The monoisotopic (exact) mass is 496 g/mol. The largest absolute Gasteiger partial charge is 0.466 e. The number of carbonyl (C=O) groups excluding carboxylic acids is 1. The van der Waals surface area contributed by atoms with E-state index in [9.17, 15) is 9.18 Å². The lowest BCUT2D eigenvalue weighted by molar-refractivity contribution is -0.144. The second-order valence-corrected chi connectivity index (χ2v) is 9.55. The van der Waals surface area contributed by atoms with Gasteiger partial charge in [0, 0.05) is 26.6 Å². The molecule has 0 spiro atoms. The third-order valence-electron chi connectivity index (χ3n) is 6.86. The number of nitrogens with zero attached hydrogens (tertiary/aromatic N) is 4. The van der Waals surface area contributed by atoms with Crippen molar-refractivity contribution in [2.24, 2.45) is 13.0 Å². The highest BCUT2D eigenvalue weighted by Crippen LogP contribution is 2.36. The highest BCUT2D eigenvalue weighted by Gasteiger charge is 2.30. The highest BCUT2D eigenvalue weighted by molar-refractivity contribution is 7.71. The summed E-state index contributed by atoms with van der Waals surface area (Å²) >= 11 is 5.66. The predicted octanol–water partition coefficient (Wildman–Crippen LogP) is 5.09. The molecule has 1 unspecified atom stereocenters.